The molecule has 0 amide bonds. The first-order valence-electron chi connectivity index (χ1n) is 4.88. The van der Waals surface area contributed by atoms with E-state index < -0.39 is 0 Å². The predicted molar refractivity (Wildman–Crippen MR) is 59.5 cm³/mol. The summed E-state index contributed by atoms with van der Waals surface area (Å²) < 4.78 is 0. The molecule has 3 heteroatoms. The summed E-state index contributed by atoms with van der Waals surface area (Å²) in [6, 6.07) is 6.61. The Morgan fingerprint density at radius 3 is 3.00 bits per heavy atom. The Kier molecular flexibility index (Phi) is 2.77. The van der Waals surface area contributed by atoms with Crippen LogP contribution in [0.2, 0.25) is 5.02 Å². The van der Waals surface area contributed by atoms with Crippen LogP contribution >= 0.6 is 11.6 Å². The molecule has 0 saturated heterocycles. The van der Waals surface area contributed by atoms with Gasteiger partial charge in [0.2, 0.25) is 0 Å². The van der Waals surface area contributed by atoms with Gasteiger partial charge in [0, 0.05) is 24.2 Å². The van der Waals surface area contributed by atoms with Gasteiger partial charge in [-0.3, -0.25) is 4.90 Å². The molecule has 0 bridgehead atoms. The molecule has 2 nitrogen and oxygen atoms in total. The SMILES string of the molecule is CN1Cc2cc(Cl)ccc2C[C@@H]1CN. The van der Waals surface area contributed by atoms with Gasteiger partial charge in [-0.1, -0.05) is 17.7 Å². The highest BCUT2D eigenvalue weighted by Gasteiger charge is 2.21. The summed E-state index contributed by atoms with van der Waals surface area (Å²) in [7, 11) is 2.11. The second kappa shape index (κ2) is 3.89. The molecule has 0 aliphatic carbocycles. The summed E-state index contributed by atoms with van der Waals surface area (Å²) >= 11 is 5.95. The van der Waals surface area contributed by atoms with Crippen LogP contribution in [0.25, 0.3) is 0 Å². The van der Waals surface area contributed by atoms with Crippen molar-refractivity contribution in [2.75, 3.05) is 13.6 Å². The molecule has 0 saturated carbocycles. The molecule has 0 unspecified atom stereocenters. The lowest BCUT2D eigenvalue weighted by Crippen LogP contribution is -2.42. The average molecular weight is 211 g/mol. The summed E-state index contributed by atoms with van der Waals surface area (Å²) in [5, 5.41) is 0.823. The smallest absolute Gasteiger partial charge is 0.0409 e. The highest BCUT2D eigenvalue weighted by Crippen LogP contribution is 2.24. The molecule has 2 N–H and O–H groups in total. The summed E-state index contributed by atoms with van der Waals surface area (Å²) in [5.41, 5.74) is 8.44. The number of hydrogen-bond donors (Lipinski definition) is 1. The Hall–Kier alpha value is -0.570. The fourth-order valence-corrected chi connectivity index (χ4v) is 2.21. The van der Waals surface area contributed by atoms with Crippen molar-refractivity contribution in [1.29, 1.82) is 0 Å². The van der Waals surface area contributed by atoms with Crippen LogP contribution in [0, 0.1) is 0 Å². The minimum atomic E-state index is 0.476. The van der Waals surface area contributed by atoms with Gasteiger partial charge in [0.05, 0.1) is 0 Å². The number of benzene rings is 1. The molecule has 0 fully saturated rings. The van der Waals surface area contributed by atoms with E-state index in [0.717, 1.165) is 24.5 Å². The van der Waals surface area contributed by atoms with E-state index in [4.69, 9.17) is 17.3 Å². The summed E-state index contributed by atoms with van der Waals surface area (Å²) in [5.74, 6) is 0. The van der Waals surface area contributed by atoms with E-state index in [0.29, 0.717) is 6.04 Å². The largest absolute Gasteiger partial charge is 0.329 e. The van der Waals surface area contributed by atoms with Gasteiger partial charge in [-0.05, 0) is 36.7 Å². The zero-order valence-corrected chi connectivity index (χ0v) is 9.09. The molecule has 14 heavy (non-hydrogen) atoms. The monoisotopic (exact) mass is 210 g/mol. The van der Waals surface area contributed by atoms with Crippen LogP contribution in [0.15, 0.2) is 18.2 Å². The maximum absolute atomic E-state index is 5.95. The molecule has 0 radical (unpaired) electrons. The molecule has 1 aliphatic rings. The molecule has 0 aromatic heterocycles. The Balaban J connectivity index is 2.30. The lowest BCUT2D eigenvalue weighted by Gasteiger charge is -2.33. The number of hydrogen-bond acceptors (Lipinski definition) is 2. The van der Waals surface area contributed by atoms with Crippen molar-refractivity contribution in [2.24, 2.45) is 5.73 Å². The second-order valence-corrected chi connectivity index (χ2v) is 4.36. The number of halogens is 1. The second-order valence-electron chi connectivity index (χ2n) is 3.92. The first kappa shape index (κ1) is 9.97. The maximum atomic E-state index is 5.95. The standard InChI is InChI=1S/C11H15ClN2/c1-14-7-9-4-10(12)3-2-8(9)5-11(14)6-13/h2-4,11H,5-7,13H2,1H3/t11-/m1/s1. The number of likely N-dealkylation sites (N-methyl/N-ethyl adjacent to an activating group) is 1. The highest BCUT2D eigenvalue weighted by molar-refractivity contribution is 6.30. The van der Waals surface area contributed by atoms with E-state index in [9.17, 15) is 0 Å². The van der Waals surface area contributed by atoms with Gasteiger partial charge in [-0.15, -0.1) is 0 Å². The van der Waals surface area contributed by atoms with Gasteiger partial charge < -0.3 is 5.73 Å². The van der Waals surface area contributed by atoms with Crippen LogP contribution < -0.4 is 5.73 Å². The average Bonchev–Trinajstić information content (AvgIpc) is 2.16. The third-order valence-corrected chi connectivity index (χ3v) is 3.17. The van der Waals surface area contributed by atoms with E-state index in [1.807, 2.05) is 6.07 Å². The van der Waals surface area contributed by atoms with Crippen LogP contribution in [-0.2, 0) is 13.0 Å². The van der Waals surface area contributed by atoms with Crippen molar-refractivity contribution in [3.8, 4) is 0 Å². The predicted octanol–water partition coefficient (Wildman–Crippen LogP) is 1.66. The van der Waals surface area contributed by atoms with E-state index in [2.05, 4.69) is 24.1 Å². The normalized spacial score (nSPS) is 22.1. The highest BCUT2D eigenvalue weighted by atomic mass is 35.5. The van der Waals surface area contributed by atoms with Gasteiger partial charge in [0.25, 0.3) is 0 Å². The molecule has 1 atom stereocenters. The third-order valence-electron chi connectivity index (χ3n) is 2.94. The summed E-state index contributed by atoms with van der Waals surface area (Å²) in [6.45, 7) is 1.68. The quantitative estimate of drug-likeness (QED) is 0.764. The van der Waals surface area contributed by atoms with Gasteiger partial charge in [-0.25, -0.2) is 0 Å². The van der Waals surface area contributed by atoms with E-state index in [1.54, 1.807) is 0 Å². The Bertz CT molecular complexity index is 338. The number of nitrogens with two attached hydrogens (primary N) is 1. The van der Waals surface area contributed by atoms with Crippen LogP contribution in [0.4, 0.5) is 0 Å². The zero-order valence-electron chi connectivity index (χ0n) is 8.33. The molecule has 1 aromatic rings. The van der Waals surface area contributed by atoms with Crippen molar-refractivity contribution in [1.82, 2.24) is 4.90 Å². The van der Waals surface area contributed by atoms with Crippen molar-refractivity contribution in [2.45, 2.75) is 19.0 Å². The van der Waals surface area contributed by atoms with Gasteiger partial charge >= 0.3 is 0 Å². The van der Waals surface area contributed by atoms with Gasteiger partial charge in [0.1, 0.15) is 0 Å². The maximum Gasteiger partial charge on any atom is 0.0409 e. The molecule has 1 aromatic carbocycles. The number of nitrogens with zero attached hydrogens (tertiary/aromatic N) is 1. The summed E-state index contributed by atoms with van der Waals surface area (Å²) in [6.07, 6.45) is 1.04. The first-order valence-corrected chi connectivity index (χ1v) is 5.26. The topological polar surface area (TPSA) is 29.3 Å². The minimum absolute atomic E-state index is 0.476. The fraction of sp³-hybridized carbons (Fsp3) is 0.455. The third kappa shape index (κ3) is 1.78. The Labute approximate surface area is 89.7 Å². The molecule has 1 aliphatic heterocycles. The molecule has 2 rings (SSSR count). The molecule has 76 valence electrons. The fourth-order valence-electron chi connectivity index (χ4n) is 2.01. The van der Waals surface area contributed by atoms with Gasteiger partial charge in [0.15, 0.2) is 0 Å². The van der Waals surface area contributed by atoms with Crippen molar-refractivity contribution < 1.29 is 0 Å². The molecule has 1 heterocycles. The zero-order chi connectivity index (χ0) is 10.1. The van der Waals surface area contributed by atoms with Crippen molar-refractivity contribution in [3.63, 3.8) is 0 Å². The van der Waals surface area contributed by atoms with Crippen LogP contribution in [0.1, 0.15) is 11.1 Å². The molecule has 0 spiro atoms. The summed E-state index contributed by atoms with van der Waals surface area (Å²) in [4.78, 5) is 2.29. The lowest BCUT2D eigenvalue weighted by atomic mass is 9.94. The minimum Gasteiger partial charge on any atom is -0.329 e. The van der Waals surface area contributed by atoms with Crippen LogP contribution in [0.3, 0.4) is 0 Å². The number of fused-ring (bicyclic) bond motifs is 1. The van der Waals surface area contributed by atoms with Crippen LogP contribution in [-0.4, -0.2) is 24.5 Å². The number of rotatable bonds is 1. The lowest BCUT2D eigenvalue weighted by molar-refractivity contribution is 0.221. The van der Waals surface area contributed by atoms with Crippen molar-refractivity contribution in [3.05, 3.63) is 34.3 Å². The Morgan fingerprint density at radius 2 is 2.29 bits per heavy atom. The van der Waals surface area contributed by atoms with E-state index in [1.165, 1.54) is 11.1 Å². The van der Waals surface area contributed by atoms with Gasteiger partial charge in [-0.2, -0.15) is 0 Å². The molecular weight excluding hydrogens is 196 g/mol. The molecular formula is C11H15ClN2. The van der Waals surface area contributed by atoms with Crippen LogP contribution in [0.5, 0.6) is 0 Å². The van der Waals surface area contributed by atoms with Crippen molar-refractivity contribution >= 4 is 11.6 Å². The van der Waals surface area contributed by atoms with E-state index >= 15 is 0 Å². The Morgan fingerprint density at radius 1 is 1.50 bits per heavy atom. The first-order chi connectivity index (χ1) is 6.70. The van der Waals surface area contributed by atoms with E-state index in [-0.39, 0.29) is 0 Å².